The number of hydrogen-bond acceptors (Lipinski definition) is 2. The Morgan fingerprint density at radius 1 is 1.05 bits per heavy atom. The summed E-state index contributed by atoms with van der Waals surface area (Å²) in [7, 11) is 2.19. The summed E-state index contributed by atoms with van der Waals surface area (Å²) >= 11 is 2.34. The van der Waals surface area contributed by atoms with Gasteiger partial charge in [0.25, 0.3) is 0 Å². The SMILES string of the molecule is CN1CCCC1COc1ccc(Cc2ccc(I)cc2)cc1. The molecule has 1 atom stereocenters. The van der Waals surface area contributed by atoms with Crippen molar-refractivity contribution >= 4 is 22.6 Å². The zero-order valence-electron chi connectivity index (χ0n) is 13.0. The molecule has 0 N–H and O–H groups in total. The van der Waals surface area contributed by atoms with Crippen LogP contribution in [0.2, 0.25) is 0 Å². The molecule has 0 spiro atoms. The fourth-order valence-corrected chi connectivity index (χ4v) is 3.28. The summed E-state index contributed by atoms with van der Waals surface area (Å²) in [6.07, 6.45) is 3.52. The summed E-state index contributed by atoms with van der Waals surface area (Å²) in [5, 5.41) is 0. The Balaban J connectivity index is 1.54. The second kappa shape index (κ2) is 7.47. The topological polar surface area (TPSA) is 12.5 Å². The van der Waals surface area contributed by atoms with Crippen LogP contribution in [0.15, 0.2) is 48.5 Å². The van der Waals surface area contributed by atoms with Gasteiger partial charge in [0.15, 0.2) is 0 Å². The fraction of sp³-hybridized carbons (Fsp3) is 0.368. The van der Waals surface area contributed by atoms with Crippen LogP contribution in [0.3, 0.4) is 0 Å². The van der Waals surface area contributed by atoms with Gasteiger partial charge < -0.3 is 9.64 Å². The van der Waals surface area contributed by atoms with Crippen molar-refractivity contribution in [1.82, 2.24) is 4.90 Å². The lowest BCUT2D eigenvalue weighted by molar-refractivity contribution is 0.198. The van der Waals surface area contributed by atoms with Crippen LogP contribution in [-0.2, 0) is 6.42 Å². The Bertz CT molecular complexity index is 594. The van der Waals surface area contributed by atoms with Gasteiger partial charge in [-0.1, -0.05) is 24.3 Å². The molecule has 1 aliphatic heterocycles. The lowest BCUT2D eigenvalue weighted by Gasteiger charge is -2.19. The van der Waals surface area contributed by atoms with Crippen LogP contribution in [-0.4, -0.2) is 31.1 Å². The molecule has 0 radical (unpaired) electrons. The smallest absolute Gasteiger partial charge is 0.119 e. The van der Waals surface area contributed by atoms with Gasteiger partial charge in [0.1, 0.15) is 12.4 Å². The number of ether oxygens (including phenoxy) is 1. The van der Waals surface area contributed by atoms with Crippen LogP contribution in [0, 0.1) is 3.57 Å². The van der Waals surface area contributed by atoms with Crippen molar-refractivity contribution < 1.29 is 4.74 Å². The summed E-state index contributed by atoms with van der Waals surface area (Å²) in [6, 6.07) is 17.8. The molecule has 3 rings (SSSR count). The van der Waals surface area contributed by atoms with Gasteiger partial charge in [0, 0.05) is 9.61 Å². The van der Waals surface area contributed by atoms with Gasteiger partial charge in [0.2, 0.25) is 0 Å². The number of likely N-dealkylation sites (tertiary alicyclic amines) is 1. The van der Waals surface area contributed by atoms with Crippen LogP contribution in [0.25, 0.3) is 0 Å². The summed E-state index contributed by atoms with van der Waals surface area (Å²) < 4.78 is 7.22. The summed E-state index contributed by atoms with van der Waals surface area (Å²) in [4.78, 5) is 2.39. The third-order valence-corrected chi connectivity index (χ3v) is 5.08. The summed E-state index contributed by atoms with van der Waals surface area (Å²) in [5.74, 6) is 0.978. The second-order valence-electron chi connectivity index (χ2n) is 6.03. The molecule has 1 fully saturated rings. The molecule has 0 aromatic heterocycles. The Morgan fingerprint density at radius 2 is 1.68 bits per heavy atom. The fourth-order valence-electron chi connectivity index (χ4n) is 2.92. The maximum absolute atomic E-state index is 5.94. The Labute approximate surface area is 146 Å². The van der Waals surface area contributed by atoms with E-state index in [-0.39, 0.29) is 0 Å². The first-order chi connectivity index (χ1) is 10.7. The Morgan fingerprint density at radius 3 is 2.27 bits per heavy atom. The van der Waals surface area contributed by atoms with Crippen molar-refractivity contribution in [2.75, 3.05) is 20.2 Å². The summed E-state index contributed by atoms with van der Waals surface area (Å²) in [6.45, 7) is 2.00. The molecule has 1 saturated heterocycles. The molecule has 2 aromatic rings. The standard InChI is InChI=1S/C19H22INO/c1-21-12-2-3-18(21)14-22-19-10-6-16(7-11-19)13-15-4-8-17(20)9-5-15/h4-11,18H,2-3,12-14H2,1H3. The maximum atomic E-state index is 5.94. The van der Waals surface area contributed by atoms with E-state index in [9.17, 15) is 0 Å². The van der Waals surface area contributed by atoms with E-state index >= 15 is 0 Å². The van der Waals surface area contributed by atoms with Crippen LogP contribution < -0.4 is 4.74 Å². The first-order valence-electron chi connectivity index (χ1n) is 7.87. The molecule has 3 heteroatoms. The third-order valence-electron chi connectivity index (χ3n) is 4.36. The number of likely N-dealkylation sites (N-methyl/N-ethyl adjacent to an activating group) is 1. The number of hydrogen-bond donors (Lipinski definition) is 0. The minimum atomic E-state index is 0.575. The van der Waals surface area contributed by atoms with Crippen LogP contribution in [0.4, 0.5) is 0 Å². The molecular formula is C19H22INO. The van der Waals surface area contributed by atoms with Gasteiger partial charge in [-0.25, -0.2) is 0 Å². The van der Waals surface area contributed by atoms with Gasteiger partial charge in [0.05, 0.1) is 0 Å². The highest BCUT2D eigenvalue weighted by molar-refractivity contribution is 14.1. The van der Waals surface area contributed by atoms with Crippen LogP contribution in [0.1, 0.15) is 24.0 Å². The number of benzene rings is 2. The van der Waals surface area contributed by atoms with E-state index in [2.05, 4.69) is 83.1 Å². The van der Waals surface area contributed by atoms with E-state index in [4.69, 9.17) is 4.74 Å². The van der Waals surface area contributed by atoms with E-state index < -0.39 is 0 Å². The molecule has 0 bridgehead atoms. The molecule has 1 unspecified atom stereocenters. The molecule has 22 heavy (non-hydrogen) atoms. The number of nitrogens with zero attached hydrogens (tertiary/aromatic N) is 1. The van der Waals surface area contributed by atoms with Gasteiger partial charge >= 0.3 is 0 Å². The quantitative estimate of drug-likeness (QED) is 0.684. The van der Waals surface area contributed by atoms with Crippen LogP contribution >= 0.6 is 22.6 Å². The average molecular weight is 407 g/mol. The Kier molecular flexibility index (Phi) is 5.37. The molecule has 0 aliphatic carbocycles. The van der Waals surface area contributed by atoms with Gasteiger partial charge in [-0.15, -0.1) is 0 Å². The maximum Gasteiger partial charge on any atom is 0.119 e. The molecule has 2 nitrogen and oxygen atoms in total. The first-order valence-corrected chi connectivity index (χ1v) is 8.95. The average Bonchev–Trinajstić information content (AvgIpc) is 2.94. The van der Waals surface area contributed by atoms with Crippen molar-refractivity contribution in [3.05, 3.63) is 63.2 Å². The van der Waals surface area contributed by atoms with E-state index in [1.54, 1.807) is 0 Å². The van der Waals surface area contributed by atoms with Gasteiger partial charge in [-0.2, -0.15) is 0 Å². The highest BCUT2D eigenvalue weighted by atomic mass is 127. The highest BCUT2D eigenvalue weighted by Crippen LogP contribution is 2.19. The highest BCUT2D eigenvalue weighted by Gasteiger charge is 2.21. The summed E-state index contributed by atoms with van der Waals surface area (Å²) in [5.41, 5.74) is 2.67. The molecule has 1 aliphatic rings. The van der Waals surface area contributed by atoms with Crippen molar-refractivity contribution in [1.29, 1.82) is 0 Å². The Hall–Kier alpha value is -1.07. The van der Waals surface area contributed by atoms with E-state index in [0.29, 0.717) is 6.04 Å². The van der Waals surface area contributed by atoms with Gasteiger partial charge in [-0.3, -0.25) is 0 Å². The second-order valence-corrected chi connectivity index (χ2v) is 7.28. The van der Waals surface area contributed by atoms with Crippen LogP contribution in [0.5, 0.6) is 5.75 Å². The van der Waals surface area contributed by atoms with Crippen molar-refractivity contribution in [2.24, 2.45) is 0 Å². The number of halogens is 1. The monoisotopic (exact) mass is 407 g/mol. The number of rotatable bonds is 5. The predicted molar refractivity (Wildman–Crippen MR) is 99.6 cm³/mol. The molecule has 2 aromatic carbocycles. The van der Waals surface area contributed by atoms with Crippen molar-refractivity contribution in [3.8, 4) is 5.75 Å². The van der Waals surface area contributed by atoms with E-state index in [1.165, 1.54) is 34.1 Å². The zero-order valence-corrected chi connectivity index (χ0v) is 15.1. The van der Waals surface area contributed by atoms with E-state index in [1.807, 2.05) is 0 Å². The third kappa shape index (κ3) is 4.23. The van der Waals surface area contributed by atoms with Crippen molar-refractivity contribution in [3.63, 3.8) is 0 Å². The minimum absolute atomic E-state index is 0.575. The largest absolute Gasteiger partial charge is 0.492 e. The zero-order chi connectivity index (χ0) is 15.4. The molecule has 0 amide bonds. The molecule has 116 valence electrons. The minimum Gasteiger partial charge on any atom is -0.492 e. The lowest BCUT2D eigenvalue weighted by atomic mass is 10.1. The van der Waals surface area contributed by atoms with E-state index in [0.717, 1.165) is 18.8 Å². The molecule has 0 saturated carbocycles. The lowest BCUT2D eigenvalue weighted by Crippen LogP contribution is -2.30. The van der Waals surface area contributed by atoms with Crippen molar-refractivity contribution in [2.45, 2.75) is 25.3 Å². The van der Waals surface area contributed by atoms with Gasteiger partial charge in [-0.05, 0) is 90.8 Å². The molecule has 1 heterocycles. The normalized spacial score (nSPS) is 18.5. The predicted octanol–water partition coefficient (Wildman–Crippen LogP) is 4.36. The molecular weight excluding hydrogens is 385 g/mol. The first kappa shape index (κ1) is 15.8.